The van der Waals surface area contributed by atoms with Gasteiger partial charge >= 0.3 is 0 Å². The van der Waals surface area contributed by atoms with Crippen molar-refractivity contribution in [3.05, 3.63) is 29.3 Å². The Labute approximate surface area is 114 Å². The van der Waals surface area contributed by atoms with Gasteiger partial charge < -0.3 is 10.7 Å². The lowest BCUT2D eigenvalue weighted by atomic mass is 9.92. The number of aryl methyl sites for hydroxylation is 1. The second-order valence-electron chi connectivity index (χ2n) is 6.27. The molecule has 1 aliphatic carbocycles. The zero-order valence-corrected chi connectivity index (χ0v) is 11.9. The molecule has 1 aromatic carbocycles. The van der Waals surface area contributed by atoms with Crippen LogP contribution in [-0.4, -0.2) is 11.9 Å². The van der Waals surface area contributed by atoms with E-state index in [1.807, 2.05) is 25.1 Å². The minimum atomic E-state index is -0.0457. The van der Waals surface area contributed by atoms with Crippen LogP contribution in [-0.2, 0) is 0 Å². The van der Waals surface area contributed by atoms with Crippen LogP contribution < -0.4 is 16.6 Å². The number of anilines is 1. The van der Waals surface area contributed by atoms with E-state index >= 15 is 0 Å². The fourth-order valence-corrected chi connectivity index (χ4v) is 2.80. The Hall–Kier alpha value is -1.55. The Bertz CT molecular complexity index is 482. The molecule has 0 aliphatic heterocycles. The van der Waals surface area contributed by atoms with Gasteiger partial charge in [-0.1, -0.05) is 19.9 Å². The summed E-state index contributed by atoms with van der Waals surface area (Å²) in [5.41, 5.74) is 5.29. The molecule has 1 saturated carbocycles. The molecule has 1 amide bonds. The average Bonchev–Trinajstić information content (AvgIpc) is 2.68. The van der Waals surface area contributed by atoms with E-state index in [1.165, 1.54) is 0 Å². The van der Waals surface area contributed by atoms with Gasteiger partial charge in [0.05, 0.1) is 11.3 Å². The van der Waals surface area contributed by atoms with Crippen LogP contribution in [0.15, 0.2) is 18.2 Å². The van der Waals surface area contributed by atoms with Crippen LogP contribution in [0.2, 0.25) is 0 Å². The van der Waals surface area contributed by atoms with Crippen molar-refractivity contribution in [2.75, 3.05) is 5.43 Å². The highest BCUT2D eigenvalue weighted by Gasteiger charge is 2.32. The molecule has 0 bridgehead atoms. The van der Waals surface area contributed by atoms with Gasteiger partial charge in [-0.15, -0.1) is 0 Å². The number of nitrogens with one attached hydrogen (secondary N) is 2. The zero-order valence-electron chi connectivity index (χ0n) is 11.9. The zero-order chi connectivity index (χ0) is 14.0. The van der Waals surface area contributed by atoms with E-state index in [9.17, 15) is 4.79 Å². The molecule has 1 unspecified atom stereocenters. The monoisotopic (exact) mass is 261 g/mol. The second kappa shape index (κ2) is 5.21. The molecule has 0 spiro atoms. The Morgan fingerprint density at radius 1 is 1.42 bits per heavy atom. The number of carbonyl (C=O) groups is 1. The fraction of sp³-hybridized carbons (Fsp3) is 0.533. The summed E-state index contributed by atoms with van der Waals surface area (Å²) in [6, 6.07) is 5.90. The van der Waals surface area contributed by atoms with Gasteiger partial charge in [0.2, 0.25) is 0 Å². The Morgan fingerprint density at radius 3 is 2.74 bits per heavy atom. The number of carbonyl (C=O) groups excluding carboxylic acids is 1. The van der Waals surface area contributed by atoms with E-state index in [1.54, 1.807) is 0 Å². The van der Waals surface area contributed by atoms with E-state index in [-0.39, 0.29) is 11.9 Å². The summed E-state index contributed by atoms with van der Waals surface area (Å²) < 4.78 is 0. The van der Waals surface area contributed by atoms with Crippen LogP contribution in [0.25, 0.3) is 0 Å². The lowest BCUT2D eigenvalue weighted by molar-refractivity contribution is 0.0937. The third-order valence-corrected chi connectivity index (χ3v) is 3.88. The molecule has 0 saturated heterocycles. The first-order valence-electron chi connectivity index (χ1n) is 6.79. The predicted octanol–water partition coefficient (Wildman–Crippen LogP) is 2.59. The molecule has 4 heteroatoms. The van der Waals surface area contributed by atoms with Crippen LogP contribution in [0.4, 0.5) is 5.69 Å². The lowest BCUT2D eigenvalue weighted by Crippen LogP contribution is -2.34. The van der Waals surface area contributed by atoms with Crippen molar-refractivity contribution in [1.82, 2.24) is 5.32 Å². The maximum Gasteiger partial charge on any atom is 0.253 e. The van der Waals surface area contributed by atoms with Gasteiger partial charge in [0.15, 0.2) is 0 Å². The smallest absolute Gasteiger partial charge is 0.253 e. The largest absolute Gasteiger partial charge is 0.349 e. The molecule has 1 fully saturated rings. The molecule has 0 heterocycles. The van der Waals surface area contributed by atoms with Crippen molar-refractivity contribution >= 4 is 11.6 Å². The lowest BCUT2D eigenvalue weighted by Gasteiger charge is -2.18. The topological polar surface area (TPSA) is 67.2 Å². The standard InChI is InChI=1S/C15H23N3O/c1-10-4-5-12(13(8-10)18-16)14(19)17-11-6-7-15(2,3)9-11/h4-5,8,11,18H,6-7,9,16H2,1-3H3,(H,17,19). The average molecular weight is 261 g/mol. The first kappa shape index (κ1) is 13.9. The molecule has 0 aromatic heterocycles. The number of nitrogen functional groups attached to an aromatic ring is 1. The molecule has 1 atom stereocenters. The van der Waals surface area contributed by atoms with Gasteiger partial charge in [0, 0.05) is 6.04 Å². The van der Waals surface area contributed by atoms with Gasteiger partial charge in [0.1, 0.15) is 0 Å². The quantitative estimate of drug-likeness (QED) is 0.578. The SMILES string of the molecule is Cc1ccc(C(=O)NC2CCC(C)(C)C2)c(NN)c1. The van der Waals surface area contributed by atoms with Crippen LogP contribution in [0.3, 0.4) is 0 Å². The van der Waals surface area contributed by atoms with Gasteiger partial charge in [0.25, 0.3) is 5.91 Å². The third-order valence-electron chi connectivity index (χ3n) is 3.88. The summed E-state index contributed by atoms with van der Waals surface area (Å²) in [4.78, 5) is 12.3. The summed E-state index contributed by atoms with van der Waals surface area (Å²) in [6.07, 6.45) is 3.25. The van der Waals surface area contributed by atoms with Gasteiger partial charge in [-0.2, -0.15) is 0 Å². The molecule has 19 heavy (non-hydrogen) atoms. The molecule has 1 aliphatic rings. The first-order valence-corrected chi connectivity index (χ1v) is 6.79. The highest BCUT2D eigenvalue weighted by molar-refractivity contribution is 5.99. The summed E-state index contributed by atoms with van der Waals surface area (Å²) >= 11 is 0. The normalized spacial score (nSPS) is 21.2. The Morgan fingerprint density at radius 2 is 2.16 bits per heavy atom. The molecule has 104 valence electrons. The van der Waals surface area contributed by atoms with Crippen LogP contribution in [0.1, 0.15) is 49.0 Å². The van der Waals surface area contributed by atoms with Crippen molar-refractivity contribution in [2.24, 2.45) is 11.3 Å². The van der Waals surface area contributed by atoms with E-state index < -0.39 is 0 Å². The summed E-state index contributed by atoms with van der Waals surface area (Å²) in [5, 5.41) is 3.11. The number of hydrogen-bond donors (Lipinski definition) is 3. The van der Waals surface area contributed by atoms with Crippen molar-refractivity contribution in [2.45, 2.75) is 46.1 Å². The third kappa shape index (κ3) is 3.26. The number of rotatable bonds is 3. The number of nitrogens with two attached hydrogens (primary N) is 1. The van der Waals surface area contributed by atoms with Crippen molar-refractivity contribution in [3.8, 4) is 0 Å². The molecular formula is C15H23N3O. The minimum Gasteiger partial charge on any atom is -0.349 e. The predicted molar refractivity (Wildman–Crippen MR) is 77.9 cm³/mol. The number of hydrogen-bond acceptors (Lipinski definition) is 3. The number of amides is 1. The van der Waals surface area contributed by atoms with E-state index in [0.29, 0.717) is 16.7 Å². The molecule has 4 nitrogen and oxygen atoms in total. The van der Waals surface area contributed by atoms with Gasteiger partial charge in [-0.3, -0.25) is 10.6 Å². The summed E-state index contributed by atoms with van der Waals surface area (Å²) in [7, 11) is 0. The summed E-state index contributed by atoms with van der Waals surface area (Å²) in [5.74, 6) is 5.43. The maximum atomic E-state index is 12.3. The van der Waals surface area contributed by atoms with Crippen molar-refractivity contribution in [3.63, 3.8) is 0 Å². The first-order chi connectivity index (χ1) is 8.91. The maximum absolute atomic E-state index is 12.3. The molecule has 0 radical (unpaired) electrons. The number of hydrazine groups is 1. The van der Waals surface area contributed by atoms with E-state index in [0.717, 1.165) is 24.8 Å². The highest BCUT2D eigenvalue weighted by atomic mass is 16.1. The second-order valence-corrected chi connectivity index (χ2v) is 6.27. The Kier molecular flexibility index (Phi) is 3.80. The molecule has 2 rings (SSSR count). The van der Waals surface area contributed by atoms with E-state index in [4.69, 9.17) is 5.84 Å². The van der Waals surface area contributed by atoms with Crippen LogP contribution in [0.5, 0.6) is 0 Å². The summed E-state index contributed by atoms with van der Waals surface area (Å²) in [6.45, 7) is 6.47. The van der Waals surface area contributed by atoms with Crippen molar-refractivity contribution < 1.29 is 4.79 Å². The fourth-order valence-electron chi connectivity index (χ4n) is 2.80. The molecular weight excluding hydrogens is 238 g/mol. The van der Waals surface area contributed by atoms with Gasteiger partial charge in [-0.05, 0) is 49.3 Å². The van der Waals surface area contributed by atoms with E-state index in [2.05, 4.69) is 24.6 Å². The van der Waals surface area contributed by atoms with Crippen LogP contribution >= 0.6 is 0 Å². The Balaban J connectivity index is 2.08. The highest BCUT2D eigenvalue weighted by Crippen LogP contribution is 2.37. The van der Waals surface area contributed by atoms with Gasteiger partial charge in [-0.25, -0.2) is 0 Å². The molecule has 4 N–H and O–H groups in total. The number of benzene rings is 1. The van der Waals surface area contributed by atoms with Crippen molar-refractivity contribution in [1.29, 1.82) is 0 Å². The minimum absolute atomic E-state index is 0.0457. The molecule has 1 aromatic rings. The van der Waals surface area contributed by atoms with Crippen LogP contribution in [0, 0.1) is 12.3 Å².